The number of hydrogen-bond donors (Lipinski definition) is 1. The summed E-state index contributed by atoms with van der Waals surface area (Å²) in [6, 6.07) is 18.8. The summed E-state index contributed by atoms with van der Waals surface area (Å²) < 4.78 is 0. The van der Waals surface area contributed by atoms with Gasteiger partial charge in [-0.3, -0.25) is 0 Å². The average Bonchev–Trinajstić information content (AvgIpc) is 2.56. The van der Waals surface area contributed by atoms with Crippen LogP contribution >= 0.6 is 0 Å². The molecule has 2 aromatic carbocycles. The maximum absolute atomic E-state index is 11.0. The van der Waals surface area contributed by atoms with Crippen molar-refractivity contribution in [3.8, 4) is 0 Å². The molecule has 0 heterocycles. The van der Waals surface area contributed by atoms with Crippen LogP contribution in [-0.4, -0.2) is 11.1 Å². The van der Waals surface area contributed by atoms with Crippen LogP contribution in [0.5, 0.6) is 0 Å². The van der Waals surface area contributed by atoms with Gasteiger partial charge in [0.25, 0.3) is 0 Å². The first-order valence-electron chi connectivity index (χ1n) is 7.18. The fourth-order valence-electron chi connectivity index (χ4n) is 3.14. The largest absolute Gasteiger partial charge is 0.478 e. The van der Waals surface area contributed by atoms with Crippen LogP contribution in [-0.2, 0) is 5.41 Å². The molecule has 1 aliphatic carbocycles. The summed E-state index contributed by atoms with van der Waals surface area (Å²) in [5.41, 5.74) is 2.57. The molecule has 0 saturated carbocycles. The van der Waals surface area contributed by atoms with Crippen LogP contribution in [0.15, 0.2) is 60.7 Å². The minimum Gasteiger partial charge on any atom is -0.478 e. The van der Waals surface area contributed by atoms with Gasteiger partial charge in [-0.25, -0.2) is 4.79 Å². The van der Waals surface area contributed by atoms with Crippen LogP contribution in [0.1, 0.15) is 40.7 Å². The second kappa shape index (κ2) is 5.57. The zero-order valence-corrected chi connectivity index (χ0v) is 11.8. The van der Waals surface area contributed by atoms with Crippen molar-refractivity contribution in [2.24, 2.45) is 0 Å². The molecule has 1 N–H and O–H groups in total. The zero-order chi connectivity index (χ0) is 14.7. The Labute approximate surface area is 124 Å². The molecular formula is C19H17O2. The summed E-state index contributed by atoms with van der Waals surface area (Å²) in [6.07, 6.45) is 7.46. The van der Waals surface area contributed by atoms with Gasteiger partial charge in [-0.15, -0.1) is 0 Å². The normalized spacial score (nSPS) is 21.1. The number of benzene rings is 2. The van der Waals surface area contributed by atoms with Crippen LogP contribution in [0.3, 0.4) is 0 Å². The van der Waals surface area contributed by atoms with E-state index in [1.54, 1.807) is 6.07 Å². The standard InChI is InChI=1S/C19H17O2/c20-18(21)15-9-11-17(12-10-15)19(13-5-2-6-14-19)16-7-3-1-4-8-16/h1-5,7-9,11-12H,6,13-14H2,(H,20,21). The lowest BCUT2D eigenvalue weighted by Gasteiger charge is -2.36. The second-order valence-electron chi connectivity index (χ2n) is 5.46. The molecule has 3 rings (SSSR count). The van der Waals surface area contributed by atoms with Crippen LogP contribution in [0.4, 0.5) is 0 Å². The molecule has 0 aromatic heterocycles. The zero-order valence-electron chi connectivity index (χ0n) is 11.8. The van der Waals surface area contributed by atoms with Crippen molar-refractivity contribution in [2.45, 2.75) is 24.7 Å². The predicted molar refractivity (Wildman–Crippen MR) is 82.5 cm³/mol. The molecule has 2 heteroatoms. The van der Waals surface area contributed by atoms with Gasteiger partial charge in [0.15, 0.2) is 0 Å². The van der Waals surface area contributed by atoms with Gasteiger partial charge in [-0.05, 0) is 48.6 Å². The number of carbonyl (C=O) groups is 1. The van der Waals surface area contributed by atoms with Gasteiger partial charge in [0.1, 0.15) is 0 Å². The Morgan fingerprint density at radius 2 is 1.86 bits per heavy atom. The van der Waals surface area contributed by atoms with Gasteiger partial charge in [0.05, 0.1) is 5.56 Å². The van der Waals surface area contributed by atoms with E-state index in [9.17, 15) is 4.79 Å². The fourth-order valence-corrected chi connectivity index (χ4v) is 3.14. The Morgan fingerprint density at radius 3 is 2.43 bits per heavy atom. The number of rotatable bonds is 3. The molecule has 0 saturated heterocycles. The average molecular weight is 277 g/mol. The Balaban J connectivity index is 2.08. The molecule has 0 aliphatic heterocycles. The fraction of sp³-hybridized carbons (Fsp3) is 0.211. The minimum atomic E-state index is -0.932. The van der Waals surface area contributed by atoms with Crippen molar-refractivity contribution in [1.29, 1.82) is 0 Å². The van der Waals surface area contributed by atoms with Gasteiger partial charge in [-0.2, -0.15) is 0 Å². The lowest BCUT2D eigenvalue weighted by Crippen LogP contribution is -2.28. The highest BCUT2D eigenvalue weighted by Gasteiger charge is 2.33. The summed E-state index contributed by atoms with van der Waals surface area (Å²) in [4.78, 5) is 11.0. The first-order chi connectivity index (χ1) is 10.2. The van der Waals surface area contributed by atoms with E-state index < -0.39 is 5.97 Å². The second-order valence-corrected chi connectivity index (χ2v) is 5.46. The first kappa shape index (κ1) is 13.6. The van der Waals surface area contributed by atoms with E-state index in [1.807, 2.05) is 18.2 Å². The van der Waals surface area contributed by atoms with Gasteiger partial charge in [-0.1, -0.05) is 48.6 Å². The van der Waals surface area contributed by atoms with Crippen LogP contribution in [0, 0.1) is 6.07 Å². The van der Waals surface area contributed by atoms with Gasteiger partial charge < -0.3 is 5.11 Å². The quantitative estimate of drug-likeness (QED) is 0.853. The molecule has 1 aliphatic rings. The molecule has 2 nitrogen and oxygen atoms in total. The Morgan fingerprint density at radius 1 is 1.05 bits per heavy atom. The summed E-state index contributed by atoms with van der Waals surface area (Å²) in [6.45, 7) is 0. The van der Waals surface area contributed by atoms with Crippen LogP contribution < -0.4 is 0 Å². The third-order valence-electron chi connectivity index (χ3n) is 4.29. The van der Waals surface area contributed by atoms with E-state index in [2.05, 4.69) is 42.5 Å². The van der Waals surface area contributed by atoms with E-state index in [0.29, 0.717) is 0 Å². The third-order valence-corrected chi connectivity index (χ3v) is 4.29. The molecular weight excluding hydrogens is 260 g/mol. The molecule has 0 bridgehead atoms. The number of carboxylic acid groups (broad SMARTS) is 1. The SMILES string of the molecule is O=C(O)c1[c]cc(C2(c3ccccc3)CC=CCC2)cc1. The van der Waals surface area contributed by atoms with Crippen molar-refractivity contribution in [1.82, 2.24) is 0 Å². The van der Waals surface area contributed by atoms with E-state index in [-0.39, 0.29) is 11.0 Å². The monoisotopic (exact) mass is 277 g/mol. The molecule has 1 unspecified atom stereocenters. The van der Waals surface area contributed by atoms with E-state index in [1.165, 1.54) is 5.56 Å². The Bertz CT molecular complexity index is 656. The summed E-state index contributed by atoms with van der Waals surface area (Å²) in [5.74, 6) is -0.932. The van der Waals surface area contributed by atoms with Crippen molar-refractivity contribution in [3.05, 3.63) is 83.4 Å². The highest BCUT2D eigenvalue weighted by atomic mass is 16.4. The summed E-state index contributed by atoms with van der Waals surface area (Å²) in [5, 5.41) is 9.02. The molecule has 0 fully saturated rings. The molecule has 21 heavy (non-hydrogen) atoms. The van der Waals surface area contributed by atoms with Crippen molar-refractivity contribution in [3.63, 3.8) is 0 Å². The molecule has 1 radical (unpaired) electrons. The van der Waals surface area contributed by atoms with Gasteiger partial charge in [0, 0.05) is 5.41 Å². The smallest absolute Gasteiger partial charge is 0.336 e. The summed E-state index contributed by atoms with van der Waals surface area (Å²) in [7, 11) is 0. The topological polar surface area (TPSA) is 37.3 Å². The number of hydrogen-bond acceptors (Lipinski definition) is 1. The summed E-state index contributed by atoms with van der Waals surface area (Å²) >= 11 is 0. The maximum atomic E-state index is 11.0. The highest BCUT2D eigenvalue weighted by molar-refractivity contribution is 5.87. The van der Waals surface area contributed by atoms with Crippen LogP contribution in [0.2, 0.25) is 0 Å². The Hall–Kier alpha value is -2.35. The van der Waals surface area contributed by atoms with Crippen molar-refractivity contribution >= 4 is 5.97 Å². The third kappa shape index (κ3) is 2.49. The molecule has 105 valence electrons. The Kier molecular flexibility index (Phi) is 3.61. The van der Waals surface area contributed by atoms with E-state index >= 15 is 0 Å². The molecule has 1 atom stereocenters. The first-order valence-corrected chi connectivity index (χ1v) is 7.18. The molecule has 2 aromatic rings. The molecule has 0 spiro atoms. The maximum Gasteiger partial charge on any atom is 0.336 e. The number of carboxylic acids is 1. The van der Waals surface area contributed by atoms with Gasteiger partial charge in [0.2, 0.25) is 0 Å². The van der Waals surface area contributed by atoms with E-state index in [0.717, 1.165) is 24.8 Å². The number of allylic oxidation sites excluding steroid dienone is 2. The van der Waals surface area contributed by atoms with Crippen molar-refractivity contribution in [2.75, 3.05) is 0 Å². The van der Waals surface area contributed by atoms with Crippen molar-refractivity contribution < 1.29 is 9.90 Å². The number of aromatic carboxylic acids is 1. The van der Waals surface area contributed by atoms with Crippen LogP contribution in [0.25, 0.3) is 0 Å². The van der Waals surface area contributed by atoms with Gasteiger partial charge >= 0.3 is 5.97 Å². The lowest BCUT2D eigenvalue weighted by atomic mass is 9.67. The molecule has 0 amide bonds. The predicted octanol–water partition coefficient (Wildman–Crippen LogP) is 4.21. The highest BCUT2D eigenvalue weighted by Crippen LogP contribution is 2.42. The van der Waals surface area contributed by atoms with E-state index in [4.69, 9.17) is 5.11 Å². The minimum absolute atomic E-state index is 0.0659. The lowest BCUT2D eigenvalue weighted by molar-refractivity contribution is 0.0696.